The molecule has 1 atom stereocenters. The first-order valence-electron chi connectivity index (χ1n) is 5.55. The molecular weight excluding hydrogens is 221 g/mol. The number of nitrogens with zero attached hydrogens (tertiary/aromatic N) is 1. The third-order valence-electron chi connectivity index (χ3n) is 3.05. The molecule has 0 saturated carbocycles. The number of hydrogen-bond donors (Lipinski definition) is 1. The van der Waals surface area contributed by atoms with E-state index < -0.39 is 11.9 Å². The van der Waals surface area contributed by atoms with Crippen LogP contribution in [0.2, 0.25) is 0 Å². The van der Waals surface area contributed by atoms with E-state index in [4.69, 9.17) is 5.11 Å². The Morgan fingerprint density at radius 3 is 2.82 bits per heavy atom. The van der Waals surface area contributed by atoms with E-state index in [1.165, 1.54) is 12.1 Å². The van der Waals surface area contributed by atoms with E-state index in [2.05, 4.69) is 0 Å². The van der Waals surface area contributed by atoms with E-state index in [-0.39, 0.29) is 5.82 Å². The molecule has 90 valence electrons. The number of halogens is 1. The molecule has 2 aromatic rings. The molecule has 0 fully saturated rings. The zero-order valence-corrected chi connectivity index (χ0v) is 9.77. The van der Waals surface area contributed by atoms with Gasteiger partial charge in [-0.3, -0.25) is 4.79 Å². The molecule has 0 radical (unpaired) electrons. The lowest BCUT2D eigenvalue weighted by molar-refractivity contribution is -0.138. The first kappa shape index (κ1) is 11.6. The fourth-order valence-electron chi connectivity index (χ4n) is 2.03. The Labute approximate surface area is 98.5 Å². The van der Waals surface area contributed by atoms with Gasteiger partial charge in [0, 0.05) is 18.1 Å². The predicted octanol–water partition coefficient (Wildman–Crippen LogP) is 2.99. The molecule has 0 saturated heterocycles. The summed E-state index contributed by atoms with van der Waals surface area (Å²) < 4.78 is 15.1. The molecule has 0 aliphatic rings. The number of benzene rings is 1. The highest BCUT2D eigenvalue weighted by atomic mass is 19.1. The van der Waals surface area contributed by atoms with Crippen molar-refractivity contribution in [3.05, 3.63) is 35.8 Å². The summed E-state index contributed by atoms with van der Waals surface area (Å²) in [6.07, 6.45) is 1.79. The molecule has 1 N–H and O–H groups in total. The van der Waals surface area contributed by atoms with Gasteiger partial charge in [-0.25, -0.2) is 4.39 Å². The molecule has 2 rings (SSSR count). The van der Waals surface area contributed by atoms with Crippen LogP contribution < -0.4 is 0 Å². The Hall–Kier alpha value is -1.84. The second-order valence-electron chi connectivity index (χ2n) is 4.09. The van der Waals surface area contributed by atoms with Gasteiger partial charge in [0.15, 0.2) is 0 Å². The van der Waals surface area contributed by atoms with Crippen molar-refractivity contribution in [2.24, 2.45) is 0 Å². The Morgan fingerprint density at radius 1 is 1.53 bits per heavy atom. The summed E-state index contributed by atoms with van der Waals surface area (Å²) in [5.74, 6) is -1.76. The maximum Gasteiger partial charge on any atom is 0.310 e. The van der Waals surface area contributed by atoms with E-state index in [1.54, 1.807) is 19.2 Å². The van der Waals surface area contributed by atoms with Crippen LogP contribution >= 0.6 is 0 Å². The number of rotatable bonds is 3. The van der Waals surface area contributed by atoms with Gasteiger partial charge in [0.2, 0.25) is 0 Å². The highest BCUT2D eigenvalue weighted by Crippen LogP contribution is 2.28. The minimum absolute atomic E-state index is 0.306. The number of aromatic nitrogens is 1. The lowest BCUT2D eigenvalue weighted by Gasteiger charge is -2.03. The third kappa shape index (κ3) is 1.90. The van der Waals surface area contributed by atoms with Crippen molar-refractivity contribution in [2.45, 2.75) is 26.3 Å². The minimum Gasteiger partial charge on any atom is -0.481 e. The van der Waals surface area contributed by atoms with Crippen LogP contribution in [0.4, 0.5) is 4.39 Å². The van der Waals surface area contributed by atoms with Crippen molar-refractivity contribution in [2.75, 3.05) is 0 Å². The Bertz CT molecular complexity index is 574. The number of fused-ring (bicyclic) bond motifs is 1. The van der Waals surface area contributed by atoms with Crippen molar-refractivity contribution in [1.82, 2.24) is 4.57 Å². The monoisotopic (exact) mass is 235 g/mol. The van der Waals surface area contributed by atoms with Gasteiger partial charge in [-0.1, -0.05) is 0 Å². The maximum absolute atomic E-state index is 13.2. The van der Waals surface area contributed by atoms with Crippen molar-refractivity contribution in [3.8, 4) is 0 Å². The standard InChI is InChI=1S/C13H14FNO2/c1-3-15-7-11(8(2)13(16)17)10-5-4-9(14)6-12(10)15/h4-8H,3H2,1-2H3,(H,16,17). The second-order valence-corrected chi connectivity index (χ2v) is 4.09. The van der Waals surface area contributed by atoms with Gasteiger partial charge in [-0.15, -0.1) is 0 Å². The molecule has 3 nitrogen and oxygen atoms in total. The fourth-order valence-corrected chi connectivity index (χ4v) is 2.03. The van der Waals surface area contributed by atoms with Crippen molar-refractivity contribution >= 4 is 16.9 Å². The summed E-state index contributed by atoms with van der Waals surface area (Å²) in [4.78, 5) is 11.0. The molecule has 4 heteroatoms. The zero-order chi connectivity index (χ0) is 12.6. The van der Waals surface area contributed by atoms with Crippen LogP contribution in [0.5, 0.6) is 0 Å². The Kier molecular flexibility index (Phi) is 2.88. The van der Waals surface area contributed by atoms with Crippen LogP contribution in [0.25, 0.3) is 10.9 Å². The molecule has 0 aliphatic carbocycles. The lowest BCUT2D eigenvalue weighted by atomic mass is 10.0. The van der Waals surface area contributed by atoms with Gasteiger partial charge in [-0.2, -0.15) is 0 Å². The number of aryl methyl sites for hydroxylation is 1. The molecule has 0 amide bonds. The molecule has 1 unspecified atom stereocenters. The van der Waals surface area contributed by atoms with E-state index in [0.717, 1.165) is 16.5 Å². The second kappa shape index (κ2) is 4.20. The number of hydrogen-bond acceptors (Lipinski definition) is 1. The fraction of sp³-hybridized carbons (Fsp3) is 0.308. The molecule has 0 bridgehead atoms. The Balaban J connectivity index is 2.69. The summed E-state index contributed by atoms with van der Waals surface area (Å²) in [6.45, 7) is 4.27. The third-order valence-corrected chi connectivity index (χ3v) is 3.05. The summed E-state index contributed by atoms with van der Waals surface area (Å²) in [5.41, 5.74) is 1.48. The average molecular weight is 235 g/mol. The first-order valence-corrected chi connectivity index (χ1v) is 5.55. The van der Waals surface area contributed by atoms with Crippen LogP contribution in [0.1, 0.15) is 25.3 Å². The van der Waals surface area contributed by atoms with Crippen molar-refractivity contribution in [1.29, 1.82) is 0 Å². The smallest absolute Gasteiger partial charge is 0.310 e. The van der Waals surface area contributed by atoms with Crippen LogP contribution in [-0.4, -0.2) is 15.6 Å². The largest absolute Gasteiger partial charge is 0.481 e. The number of carboxylic acid groups (broad SMARTS) is 1. The summed E-state index contributed by atoms with van der Waals surface area (Å²) in [5, 5.41) is 9.86. The normalized spacial score (nSPS) is 12.9. The predicted molar refractivity (Wildman–Crippen MR) is 63.6 cm³/mol. The van der Waals surface area contributed by atoms with Gasteiger partial charge >= 0.3 is 5.97 Å². The zero-order valence-electron chi connectivity index (χ0n) is 9.77. The van der Waals surface area contributed by atoms with Gasteiger partial charge < -0.3 is 9.67 Å². The van der Waals surface area contributed by atoms with Crippen LogP contribution in [0, 0.1) is 5.82 Å². The maximum atomic E-state index is 13.2. The Morgan fingerprint density at radius 2 is 2.24 bits per heavy atom. The molecule has 1 aromatic heterocycles. The van der Waals surface area contributed by atoms with E-state index in [1.807, 2.05) is 11.5 Å². The van der Waals surface area contributed by atoms with Crippen LogP contribution in [0.3, 0.4) is 0 Å². The van der Waals surface area contributed by atoms with Crippen LogP contribution in [-0.2, 0) is 11.3 Å². The van der Waals surface area contributed by atoms with E-state index in [9.17, 15) is 9.18 Å². The van der Waals surface area contributed by atoms with Crippen LogP contribution in [0.15, 0.2) is 24.4 Å². The molecule has 0 spiro atoms. The van der Waals surface area contributed by atoms with Crippen molar-refractivity contribution < 1.29 is 14.3 Å². The number of aliphatic carboxylic acids is 1. The molecule has 1 aromatic carbocycles. The van der Waals surface area contributed by atoms with Crippen molar-refractivity contribution in [3.63, 3.8) is 0 Å². The minimum atomic E-state index is -0.871. The summed E-state index contributed by atoms with van der Waals surface area (Å²) in [6, 6.07) is 4.45. The lowest BCUT2D eigenvalue weighted by Crippen LogP contribution is -2.06. The number of carboxylic acids is 1. The topological polar surface area (TPSA) is 42.2 Å². The summed E-state index contributed by atoms with van der Waals surface area (Å²) >= 11 is 0. The van der Waals surface area contributed by atoms with Gasteiger partial charge in [0.1, 0.15) is 5.82 Å². The molecule has 0 aliphatic heterocycles. The molecule has 17 heavy (non-hydrogen) atoms. The van der Waals surface area contributed by atoms with Gasteiger partial charge in [0.05, 0.1) is 11.4 Å². The van der Waals surface area contributed by atoms with Gasteiger partial charge in [0.25, 0.3) is 0 Å². The van der Waals surface area contributed by atoms with E-state index in [0.29, 0.717) is 6.54 Å². The average Bonchev–Trinajstić information content (AvgIpc) is 2.65. The molecular formula is C13H14FNO2. The number of carbonyl (C=O) groups is 1. The molecule has 1 heterocycles. The first-order chi connectivity index (χ1) is 8.04. The quantitative estimate of drug-likeness (QED) is 0.888. The SMILES string of the molecule is CCn1cc(C(C)C(=O)O)c2ccc(F)cc21. The highest BCUT2D eigenvalue weighted by Gasteiger charge is 2.19. The highest BCUT2D eigenvalue weighted by molar-refractivity contribution is 5.89. The van der Waals surface area contributed by atoms with E-state index >= 15 is 0 Å². The van der Waals surface area contributed by atoms with Gasteiger partial charge in [-0.05, 0) is 37.6 Å². The summed E-state index contributed by atoms with van der Waals surface area (Å²) in [7, 11) is 0.